The number of hydrogen-bond acceptors (Lipinski definition) is 5. The molecule has 27 heavy (non-hydrogen) atoms. The van der Waals surface area contributed by atoms with Gasteiger partial charge in [-0.25, -0.2) is 0 Å². The lowest BCUT2D eigenvalue weighted by Gasteiger charge is -2.18. The Hall–Kier alpha value is -2.24. The summed E-state index contributed by atoms with van der Waals surface area (Å²) in [6.07, 6.45) is 1.78. The van der Waals surface area contributed by atoms with Crippen LogP contribution in [0.25, 0.3) is 0 Å². The topological polar surface area (TPSA) is 113 Å². The zero-order valence-electron chi connectivity index (χ0n) is 16.9. The van der Waals surface area contributed by atoms with Gasteiger partial charge in [-0.05, 0) is 61.8 Å². The highest BCUT2D eigenvalue weighted by atomic mass is 16.5. The van der Waals surface area contributed by atoms with Gasteiger partial charge in [0.1, 0.15) is 11.5 Å². The minimum absolute atomic E-state index is 0.140. The van der Waals surface area contributed by atoms with Crippen LogP contribution in [-0.4, -0.2) is 12.1 Å². The Bertz CT molecular complexity index is 694. The second-order valence-corrected chi connectivity index (χ2v) is 7.91. The Morgan fingerprint density at radius 2 is 1.07 bits per heavy atom. The smallest absolute Gasteiger partial charge is 0.129 e. The van der Waals surface area contributed by atoms with Gasteiger partial charge in [-0.3, -0.25) is 0 Å². The fourth-order valence-corrected chi connectivity index (χ4v) is 3.64. The SMILES string of the molecule is CC(N)CC(C)c1ccc(Oc2ccc(C(C)CC(C)N)c(N)c2)cc1N. The van der Waals surface area contributed by atoms with Gasteiger partial charge in [0.15, 0.2) is 0 Å². The van der Waals surface area contributed by atoms with E-state index in [1.165, 1.54) is 0 Å². The van der Waals surface area contributed by atoms with Gasteiger partial charge in [0.05, 0.1) is 0 Å². The Morgan fingerprint density at radius 3 is 1.37 bits per heavy atom. The molecular weight excluding hydrogens is 336 g/mol. The van der Waals surface area contributed by atoms with Gasteiger partial charge in [-0.1, -0.05) is 26.0 Å². The molecule has 0 fully saturated rings. The first-order chi connectivity index (χ1) is 12.7. The first kappa shape index (κ1) is 21.1. The number of rotatable bonds is 8. The van der Waals surface area contributed by atoms with Crippen LogP contribution in [0.3, 0.4) is 0 Å². The van der Waals surface area contributed by atoms with E-state index in [-0.39, 0.29) is 12.1 Å². The first-order valence-corrected chi connectivity index (χ1v) is 9.65. The van der Waals surface area contributed by atoms with Crippen molar-refractivity contribution in [2.45, 2.75) is 64.5 Å². The summed E-state index contributed by atoms with van der Waals surface area (Å²) in [5, 5.41) is 0. The summed E-state index contributed by atoms with van der Waals surface area (Å²) in [6.45, 7) is 8.29. The second kappa shape index (κ2) is 9.11. The standard InChI is InChI=1S/C22H34N4O/c1-13(9-15(3)23)19-7-5-17(11-21(19)25)27-18-6-8-20(22(26)12-18)14(2)10-16(4)24/h5-8,11-16H,9-10,23-26H2,1-4H3. The Kier molecular flexibility index (Phi) is 7.11. The molecule has 2 aromatic rings. The highest BCUT2D eigenvalue weighted by Crippen LogP contribution is 2.33. The molecule has 0 aromatic heterocycles. The maximum Gasteiger partial charge on any atom is 0.129 e. The summed E-state index contributed by atoms with van der Waals surface area (Å²) >= 11 is 0. The number of benzene rings is 2. The molecule has 2 aromatic carbocycles. The third-order valence-corrected chi connectivity index (χ3v) is 4.86. The summed E-state index contributed by atoms with van der Waals surface area (Å²) in [7, 11) is 0. The molecule has 148 valence electrons. The van der Waals surface area contributed by atoms with Gasteiger partial charge in [-0.15, -0.1) is 0 Å². The average Bonchev–Trinajstić information content (AvgIpc) is 2.53. The van der Waals surface area contributed by atoms with Crippen LogP contribution >= 0.6 is 0 Å². The zero-order valence-corrected chi connectivity index (χ0v) is 16.9. The number of hydrogen-bond donors (Lipinski definition) is 4. The first-order valence-electron chi connectivity index (χ1n) is 9.65. The molecule has 0 heterocycles. The molecule has 0 aliphatic carbocycles. The lowest BCUT2D eigenvalue weighted by molar-refractivity contribution is 0.482. The Balaban J connectivity index is 2.13. The van der Waals surface area contributed by atoms with Crippen molar-refractivity contribution in [2.75, 3.05) is 11.5 Å². The minimum Gasteiger partial charge on any atom is -0.457 e. The molecule has 5 nitrogen and oxygen atoms in total. The number of nitrogens with two attached hydrogens (primary N) is 4. The third-order valence-electron chi connectivity index (χ3n) is 4.86. The molecule has 0 aliphatic heterocycles. The summed E-state index contributed by atoms with van der Waals surface area (Å²) in [6, 6.07) is 11.9. The molecule has 4 unspecified atom stereocenters. The van der Waals surface area contributed by atoms with Crippen molar-refractivity contribution in [3.05, 3.63) is 47.5 Å². The summed E-state index contributed by atoms with van der Waals surface area (Å²) in [5.74, 6) is 2.00. The molecule has 0 saturated heterocycles. The minimum atomic E-state index is 0.140. The van der Waals surface area contributed by atoms with Crippen LogP contribution in [0.15, 0.2) is 36.4 Å². The van der Waals surface area contributed by atoms with E-state index >= 15 is 0 Å². The van der Waals surface area contributed by atoms with Crippen molar-refractivity contribution in [1.29, 1.82) is 0 Å². The van der Waals surface area contributed by atoms with Crippen molar-refractivity contribution >= 4 is 11.4 Å². The van der Waals surface area contributed by atoms with Gasteiger partial charge in [-0.2, -0.15) is 0 Å². The van der Waals surface area contributed by atoms with Crippen LogP contribution < -0.4 is 27.7 Å². The normalized spacial score (nSPS) is 15.8. The molecule has 0 spiro atoms. The third kappa shape index (κ3) is 5.88. The van der Waals surface area contributed by atoms with Crippen LogP contribution in [0.5, 0.6) is 11.5 Å². The van der Waals surface area contributed by atoms with Gasteiger partial charge in [0.25, 0.3) is 0 Å². The summed E-state index contributed by atoms with van der Waals surface area (Å²) in [5.41, 5.74) is 27.9. The number of anilines is 2. The Labute approximate surface area is 163 Å². The molecule has 0 saturated carbocycles. The van der Waals surface area contributed by atoms with Crippen LogP contribution in [0, 0.1) is 0 Å². The van der Waals surface area contributed by atoms with E-state index in [4.69, 9.17) is 27.7 Å². The predicted octanol–water partition coefficient (Wildman–Crippen LogP) is 4.32. The van der Waals surface area contributed by atoms with Crippen molar-refractivity contribution in [3.8, 4) is 11.5 Å². The maximum atomic E-state index is 6.23. The van der Waals surface area contributed by atoms with Crippen molar-refractivity contribution in [1.82, 2.24) is 0 Å². The van der Waals surface area contributed by atoms with Gasteiger partial charge in [0, 0.05) is 35.6 Å². The molecule has 2 rings (SSSR count). The van der Waals surface area contributed by atoms with Crippen LogP contribution in [-0.2, 0) is 0 Å². The maximum absolute atomic E-state index is 6.23. The largest absolute Gasteiger partial charge is 0.457 e. The van der Waals surface area contributed by atoms with Gasteiger partial charge < -0.3 is 27.7 Å². The van der Waals surface area contributed by atoms with Crippen LogP contribution in [0.2, 0.25) is 0 Å². The molecule has 8 N–H and O–H groups in total. The van der Waals surface area contributed by atoms with Gasteiger partial charge >= 0.3 is 0 Å². The van der Waals surface area contributed by atoms with Crippen molar-refractivity contribution < 1.29 is 4.74 Å². The highest BCUT2D eigenvalue weighted by molar-refractivity contribution is 5.56. The van der Waals surface area contributed by atoms with E-state index in [2.05, 4.69) is 13.8 Å². The monoisotopic (exact) mass is 370 g/mol. The average molecular weight is 371 g/mol. The van der Waals surface area contributed by atoms with Crippen molar-refractivity contribution in [2.24, 2.45) is 11.5 Å². The molecular formula is C22H34N4O. The van der Waals surface area contributed by atoms with Gasteiger partial charge in [0.2, 0.25) is 0 Å². The summed E-state index contributed by atoms with van der Waals surface area (Å²) < 4.78 is 5.96. The lowest BCUT2D eigenvalue weighted by atomic mass is 9.93. The van der Waals surface area contributed by atoms with E-state index < -0.39 is 0 Å². The molecule has 0 aliphatic rings. The quantitative estimate of drug-likeness (QED) is 0.517. The molecule has 4 atom stereocenters. The summed E-state index contributed by atoms with van der Waals surface area (Å²) in [4.78, 5) is 0. The molecule has 0 bridgehead atoms. The van der Waals surface area contributed by atoms with Crippen LogP contribution in [0.1, 0.15) is 63.5 Å². The number of nitrogen functional groups attached to an aromatic ring is 2. The Morgan fingerprint density at radius 1 is 0.704 bits per heavy atom. The van der Waals surface area contributed by atoms with E-state index in [0.29, 0.717) is 23.3 Å². The molecule has 0 radical (unpaired) electrons. The zero-order chi connectivity index (χ0) is 20.1. The fraction of sp³-hybridized carbons (Fsp3) is 0.455. The molecule has 5 heteroatoms. The van der Waals surface area contributed by atoms with Crippen LogP contribution in [0.4, 0.5) is 11.4 Å². The molecule has 0 amide bonds. The van der Waals surface area contributed by atoms with E-state index in [9.17, 15) is 0 Å². The van der Waals surface area contributed by atoms with E-state index in [1.807, 2.05) is 50.2 Å². The lowest BCUT2D eigenvalue weighted by Crippen LogP contribution is -2.18. The van der Waals surface area contributed by atoms with E-state index in [1.54, 1.807) is 0 Å². The van der Waals surface area contributed by atoms with E-state index in [0.717, 1.165) is 35.3 Å². The number of ether oxygens (including phenoxy) is 1. The highest BCUT2D eigenvalue weighted by Gasteiger charge is 2.14. The predicted molar refractivity (Wildman–Crippen MR) is 115 cm³/mol. The fourth-order valence-electron chi connectivity index (χ4n) is 3.64. The van der Waals surface area contributed by atoms with Crippen molar-refractivity contribution in [3.63, 3.8) is 0 Å². The second-order valence-electron chi connectivity index (χ2n) is 7.91.